The molecule has 6 heteroatoms. The van der Waals surface area contributed by atoms with E-state index in [-0.39, 0.29) is 0 Å². The number of likely N-dealkylation sites (tertiary alicyclic amines) is 1. The number of nitrogens with zero attached hydrogens (tertiary/aromatic N) is 3. The summed E-state index contributed by atoms with van der Waals surface area (Å²) in [7, 11) is 0. The fourth-order valence-electron chi connectivity index (χ4n) is 5.54. The van der Waals surface area contributed by atoms with Crippen LogP contribution in [0.1, 0.15) is 45.1 Å². The lowest BCUT2D eigenvalue weighted by molar-refractivity contribution is 0.0806. The van der Waals surface area contributed by atoms with Crippen molar-refractivity contribution in [2.45, 2.75) is 46.1 Å². The van der Waals surface area contributed by atoms with Gasteiger partial charge in [0, 0.05) is 25.3 Å². The highest BCUT2D eigenvalue weighted by Crippen LogP contribution is 2.39. The molecular weight excluding hydrogens is 452 g/mol. The number of rotatable bonds is 10. The zero-order chi connectivity index (χ0) is 24.1. The molecule has 0 aliphatic carbocycles. The van der Waals surface area contributed by atoms with Gasteiger partial charge in [0.15, 0.2) is 0 Å². The molecule has 0 radical (unpaired) electrons. The number of thiophene rings is 1. The highest BCUT2D eigenvalue weighted by atomic mass is 32.1. The fourth-order valence-corrected chi connectivity index (χ4v) is 6.37. The average molecular weight is 493 g/mol. The number of benzene rings is 1. The van der Waals surface area contributed by atoms with Crippen molar-refractivity contribution in [3.05, 3.63) is 47.3 Å². The molecule has 2 saturated heterocycles. The van der Waals surface area contributed by atoms with Gasteiger partial charge in [-0.25, -0.2) is 4.98 Å². The minimum absolute atomic E-state index is 0.497. The molecule has 2 fully saturated rings. The van der Waals surface area contributed by atoms with E-state index in [1.54, 1.807) is 11.3 Å². The topological polar surface area (TPSA) is 40.6 Å². The van der Waals surface area contributed by atoms with E-state index < -0.39 is 0 Å². The third kappa shape index (κ3) is 5.88. The van der Waals surface area contributed by atoms with Crippen molar-refractivity contribution in [3.8, 4) is 11.3 Å². The second-order valence-electron chi connectivity index (χ2n) is 10.3. The second-order valence-corrected chi connectivity index (χ2v) is 11.2. The first-order valence-electron chi connectivity index (χ1n) is 13.4. The molecule has 0 bridgehead atoms. The SMILES string of the molecule is CCN(CC)Cc1ccc(-c2cc(NCCCN3CCC4(CCOC4)CC3)c3sccc3n2)cc1. The van der Waals surface area contributed by atoms with Gasteiger partial charge in [0.2, 0.25) is 0 Å². The van der Waals surface area contributed by atoms with E-state index >= 15 is 0 Å². The van der Waals surface area contributed by atoms with Crippen LogP contribution in [0.25, 0.3) is 21.5 Å². The first kappa shape index (κ1) is 24.7. The molecule has 0 amide bonds. The minimum Gasteiger partial charge on any atom is -0.384 e. The predicted octanol–water partition coefficient (Wildman–Crippen LogP) is 6.11. The number of pyridine rings is 1. The molecule has 0 saturated carbocycles. The van der Waals surface area contributed by atoms with Crippen LogP contribution in [0.4, 0.5) is 5.69 Å². The summed E-state index contributed by atoms with van der Waals surface area (Å²) in [5, 5.41) is 5.89. The summed E-state index contributed by atoms with van der Waals surface area (Å²) in [5.74, 6) is 0. The molecule has 5 rings (SSSR count). The van der Waals surface area contributed by atoms with Crippen molar-refractivity contribution in [1.82, 2.24) is 14.8 Å². The third-order valence-corrected chi connectivity index (χ3v) is 8.97. The van der Waals surface area contributed by atoms with Gasteiger partial charge in [-0.2, -0.15) is 0 Å². The fraction of sp³-hybridized carbons (Fsp3) is 0.552. The van der Waals surface area contributed by atoms with Crippen LogP contribution >= 0.6 is 11.3 Å². The van der Waals surface area contributed by atoms with Crippen molar-refractivity contribution in [2.24, 2.45) is 5.41 Å². The molecule has 2 aliphatic rings. The van der Waals surface area contributed by atoms with Gasteiger partial charge in [0.1, 0.15) is 0 Å². The lowest BCUT2D eigenvalue weighted by atomic mass is 9.78. The Labute approximate surface area is 214 Å². The quantitative estimate of drug-likeness (QED) is 0.346. The number of hydrogen-bond acceptors (Lipinski definition) is 6. The van der Waals surface area contributed by atoms with Gasteiger partial charge >= 0.3 is 0 Å². The van der Waals surface area contributed by atoms with Crippen LogP contribution in [-0.2, 0) is 11.3 Å². The molecule has 1 N–H and O–H groups in total. The number of aromatic nitrogens is 1. The number of anilines is 1. The maximum absolute atomic E-state index is 5.69. The van der Waals surface area contributed by atoms with Crippen molar-refractivity contribution in [2.75, 3.05) is 57.8 Å². The van der Waals surface area contributed by atoms with Gasteiger partial charge in [-0.05, 0) is 86.9 Å². The molecule has 1 spiro atoms. The van der Waals surface area contributed by atoms with Crippen molar-refractivity contribution in [3.63, 3.8) is 0 Å². The second kappa shape index (κ2) is 11.4. The normalized spacial score (nSPS) is 18.1. The third-order valence-electron chi connectivity index (χ3n) is 8.03. The summed E-state index contributed by atoms with van der Waals surface area (Å²) in [6.07, 6.45) is 5.03. The zero-order valence-electron chi connectivity index (χ0n) is 21.4. The number of hydrogen-bond donors (Lipinski definition) is 1. The molecule has 5 nitrogen and oxygen atoms in total. The van der Waals surface area contributed by atoms with Crippen LogP contribution in [-0.4, -0.2) is 67.3 Å². The molecule has 4 heterocycles. The summed E-state index contributed by atoms with van der Waals surface area (Å²) in [4.78, 5) is 10.1. The summed E-state index contributed by atoms with van der Waals surface area (Å²) in [6.45, 7) is 14.2. The Morgan fingerprint density at radius 3 is 2.60 bits per heavy atom. The molecule has 188 valence electrons. The van der Waals surface area contributed by atoms with E-state index in [1.807, 2.05) is 0 Å². The first-order chi connectivity index (χ1) is 17.2. The van der Waals surface area contributed by atoms with Crippen molar-refractivity contribution >= 4 is 27.2 Å². The van der Waals surface area contributed by atoms with E-state index in [0.717, 1.165) is 57.0 Å². The van der Waals surface area contributed by atoms with E-state index in [1.165, 1.54) is 60.4 Å². The van der Waals surface area contributed by atoms with Crippen molar-refractivity contribution in [1.29, 1.82) is 0 Å². The molecule has 35 heavy (non-hydrogen) atoms. The molecule has 2 aromatic heterocycles. The molecule has 3 aromatic rings. The van der Waals surface area contributed by atoms with Gasteiger partial charge in [-0.15, -0.1) is 11.3 Å². The molecular formula is C29H40N4OS. The highest BCUT2D eigenvalue weighted by molar-refractivity contribution is 7.17. The summed E-state index contributed by atoms with van der Waals surface area (Å²) in [5.41, 5.74) is 6.39. The first-order valence-corrected chi connectivity index (χ1v) is 14.3. The standard InChI is InChI=1S/C29H40N4OS/c1-3-32(4-2)21-23-6-8-24(9-7-23)26-20-27(28-25(31-26)10-19-35-28)30-14-5-15-33-16-11-29(12-17-33)13-18-34-22-29/h6-10,19-20H,3-5,11-18,21-22H2,1-2H3,(H,30,31). The Hall–Kier alpha value is -1.99. The van der Waals surface area contributed by atoms with Gasteiger partial charge in [0.05, 0.1) is 28.2 Å². The van der Waals surface area contributed by atoms with E-state index in [0.29, 0.717) is 5.41 Å². The van der Waals surface area contributed by atoms with E-state index in [4.69, 9.17) is 9.72 Å². The molecule has 2 aliphatic heterocycles. The van der Waals surface area contributed by atoms with Crippen LogP contribution in [0.2, 0.25) is 0 Å². The van der Waals surface area contributed by atoms with Crippen LogP contribution in [0.5, 0.6) is 0 Å². The Bertz CT molecular complexity index is 1080. The Morgan fingerprint density at radius 2 is 1.89 bits per heavy atom. The monoisotopic (exact) mass is 492 g/mol. The van der Waals surface area contributed by atoms with Crippen LogP contribution in [0.3, 0.4) is 0 Å². The van der Waals surface area contributed by atoms with Gasteiger partial charge in [-0.1, -0.05) is 38.1 Å². The van der Waals surface area contributed by atoms with Gasteiger partial charge in [-0.3, -0.25) is 4.90 Å². The van der Waals surface area contributed by atoms with Gasteiger partial charge < -0.3 is 15.0 Å². The summed E-state index contributed by atoms with van der Waals surface area (Å²) >= 11 is 1.78. The Kier molecular flexibility index (Phi) is 8.03. The Morgan fingerprint density at radius 1 is 1.09 bits per heavy atom. The molecule has 1 aromatic carbocycles. The number of fused-ring (bicyclic) bond motifs is 1. The van der Waals surface area contributed by atoms with Crippen molar-refractivity contribution < 1.29 is 4.74 Å². The van der Waals surface area contributed by atoms with E-state index in [9.17, 15) is 0 Å². The highest BCUT2D eigenvalue weighted by Gasteiger charge is 2.37. The maximum atomic E-state index is 5.69. The number of piperidine rings is 1. The van der Waals surface area contributed by atoms with Crippen LogP contribution in [0, 0.1) is 5.41 Å². The van der Waals surface area contributed by atoms with Crippen LogP contribution in [0.15, 0.2) is 41.8 Å². The maximum Gasteiger partial charge on any atom is 0.0838 e. The lowest BCUT2D eigenvalue weighted by Crippen LogP contribution is -2.41. The minimum atomic E-state index is 0.497. The van der Waals surface area contributed by atoms with Crippen LogP contribution < -0.4 is 5.32 Å². The summed E-state index contributed by atoms with van der Waals surface area (Å²) < 4.78 is 6.94. The predicted molar refractivity (Wildman–Crippen MR) is 148 cm³/mol. The lowest BCUT2D eigenvalue weighted by Gasteiger charge is -2.38. The number of nitrogens with one attached hydrogen (secondary N) is 1. The number of ether oxygens (including phenoxy) is 1. The van der Waals surface area contributed by atoms with Gasteiger partial charge in [0.25, 0.3) is 0 Å². The smallest absolute Gasteiger partial charge is 0.0838 e. The zero-order valence-corrected chi connectivity index (χ0v) is 22.2. The largest absolute Gasteiger partial charge is 0.384 e. The average Bonchev–Trinajstić information content (AvgIpc) is 3.56. The van der Waals surface area contributed by atoms with E-state index in [2.05, 4.69) is 70.7 Å². The molecule has 0 unspecified atom stereocenters. The Balaban J connectivity index is 1.19. The molecule has 0 atom stereocenters. The summed E-state index contributed by atoms with van der Waals surface area (Å²) in [6, 6.07) is 13.3.